The van der Waals surface area contributed by atoms with E-state index < -0.39 is 10.0 Å². The van der Waals surface area contributed by atoms with Crippen LogP contribution in [0.15, 0.2) is 35.2 Å². The van der Waals surface area contributed by atoms with Crippen molar-refractivity contribution in [3.63, 3.8) is 0 Å². The van der Waals surface area contributed by atoms with Crippen LogP contribution < -0.4 is 0 Å². The maximum Gasteiger partial charge on any atom is 0.243 e. The maximum absolute atomic E-state index is 12.6. The molecule has 1 aliphatic rings. The highest BCUT2D eigenvalue weighted by Gasteiger charge is 2.26. The Balaban J connectivity index is 1.89. The first kappa shape index (κ1) is 15.2. The Labute approximate surface area is 130 Å². The molecule has 6 nitrogen and oxygen atoms in total. The quantitative estimate of drug-likeness (QED) is 0.859. The van der Waals surface area contributed by atoms with Crippen LogP contribution in [-0.2, 0) is 14.8 Å². The molecule has 1 aromatic heterocycles. The van der Waals surface area contributed by atoms with Gasteiger partial charge >= 0.3 is 0 Å². The van der Waals surface area contributed by atoms with Crippen molar-refractivity contribution in [2.75, 3.05) is 26.3 Å². The average molecular weight is 321 g/mol. The minimum Gasteiger partial charge on any atom is -0.379 e. The van der Waals surface area contributed by atoms with Crippen LogP contribution in [0.25, 0.3) is 5.69 Å². The summed E-state index contributed by atoms with van der Waals surface area (Å²) in [7, 11) is -3.44. The SMILES string of the molecule is Cc1cc(C)n(-c2ccc(S(=O)(=O)N3CCOCC3)cc2)n1. The lowest BCUT2D eigenvalue weighted by atomic mass is 10.3. The molecule has 7 heteroatoms. The van der Waals surface area contributed by atoms with Gasteiger partial charge in [0.2, 0.25) is 10.0 Å². The van der Waals surface area contributed by atoms with Crippen LogP contribution in [0.4, 0.5) is 0 Å². The third-order valence-electron chi connectivity index (χ3n) is 3.70. The van der Waals surface area contributed by atoms with Gasteiger partial charge in [0.05, 0.1) is 29.5 Å². The molecule has 0 unspecified atom stereocenters. The van der Waals surface area contributed by atoms with Crippen LogP contribution in [0.5, 0.6) is 0 Å². The minimum absolute atomic E-state index is 0.305. The minimum atomic E-state index is -3.44. The van der Waals surface area contributed by atoms with Gasteiger partial charge in [-0.2, -0.15) is 9.40 Å². The molecule has 0 aliphatic carbocycles. The van der Waals surface area contributed by atoms with Gasteiger partial charge in [0, 0.05) is 18.8 Å². The number of rotatable bonds is 3. The first-order valence-electron chi connectivity index (χ1n) is 7.20. The molecular weight excluding hydrogens is 302 g/mol. The molecule has 0 atom stereocenters. The standard InChI is InChI=1S/C15H19N3O3S/c1-12-11-13(2)18(16-12)14-3-5-15(6-4-14)22(19,20)17-7-9-21-10-8-17/h3-6,11H,7-10H2,1-2H3. The fourth-order valence-corrected chi connectivity index (χ4v) is 3.99. The Bertz CT molecular complexity index is 760. The number of ether oxygens (including phenoxy) is 1. The van der Waals surface area contributed by atoms with Crippen molar-refractivity contribution >= 4 is 10.0 Å². The predicted octanol–water partition coefficient (Wildman–Crippen LogP) is 1.51. The molecule has 118 valence electrons. The Kier molecular flexibility index (Phi) is 4.03. The fourth-order valence-electron chi connectivity index (χ4n) is 2.59. The van der Waals surface area contributed by atoms with Gasteiger partial charge in [-0.1, -0.05) is 0 Å². The molecule has 0 bridgehead atoms. The Hall–Kier alpha value is -1.70. The number of aryl methyl sites for hydroxylation is 2. The summed E-state index contributed by atoms with van der Waals surface area (Å²) in [5.74, 6) is 0. The first-order chi connectivity index (χ1) is 10.5. The number of hydrogen-bond donors (Lipinski definition) is 0. The molecule has 22 heavy (non-hydrogen) atoms. The summed E-state index contributed by atoms with van der Waals surface area (Å²) in [6.45, 7) is 5.61. The van der Waals surface area contributed by atoms with Crippen LogP contribution >= 0.6 is 0 Å². The molecule has 1 saturated heterocycles. The molecule has 0 radical (unpaired) electrons. The van der Waals surface area contributed by atoms with Gasteiger partial charge in [-0.25, -0.2) is 13.1 Å². The molecule has 1 aromatic carbocycles. The van der Waals surface area contributed by atoms with Crippen molar-refractivity contribution in [3.05, 3.63) is 41.7 Å². The fraction of sp³-hybridized carbons (Fsp3) is 0.400. The molecule has 0 saturated carbocycles. The van der Waals surface area contributed by atoms with Crippen LogP contribution in [0, 0.1) is 13.8 Å². The van der Waals surface area contributed by atoms with E-state index in [2.05, 4.69) is 5.10 Å². The maximum atomic E-state index is 12.6. The van der Waals surface area contributed by atoms with Gasteiger partial charge in [-0.15, -0.1) is 0 Å². The summed E-state index contributed by atoms with van der Waals surface area (Å²) >= 11 is 0. The number of benzene rings is 1. The number of aromatic nitrogens is 2. The van der Waals surface area contributed by atoms with E-state index in [0.717, 1.165) is 17.1 Å². The average Bonchev–Trinajstić information content (AvgIpc) is 2.87. The van der Waals surface area contributed by atoms with E-state index >= 15 is 0 Å². The summed E-state index contributed by atoms with van der Waals surface area (Å²) in [5, 5.41) is 4.40. The van der Waals surface area contributed by atoms with Crippen LogP contribution in [0.3, 0.4) is 0 Å². The monoisotopic (exact) mass is 321 g/mol. The molecule has 0 amide bonds. The van der Waals surface area contributed by atoms with Gasteiger partial charge in [0.1, 0.15) is 0 Å². The summed E-state index contributed by atoms with van der Waals surface area (Å²) in [4.78, 5) is 0.305. The van der Waals surface area contributed by atoms with Crippen molar-refractivity contribution in [2.24, 2.45) is 0 Å². The second-order valence-electron chi connectivity index (χ2n) is 5.35. The highest BCUT2D eigenvalue weighted by molar-refractivity contribution is 7.89. The highest BCUT2D eigenvalue weighted by Crippen LogP contribution is 2.19. The van der Waals surface area contributed by atoms with Crippen molar-refractivity contribution < 1.29 is 13.2 Å². The zero-order valence-corrected chi connectivity index (χ0v) is 13.5. The zero-order valence-electron chi connectivity index (χ0n) is 12.7. The Morgan fingerprint density at radius 3 is 2.27 bits per heavy atom. The normalized spacial score (nSPS) is 16.8. The van der Waals surface area contributed by atoms with Gasteiger partial charge < -0.3 is 4.74 Å². The highest BCUT2D eigenvalue weighted by atomic mass is 32.2. The van der Waals surface area contributed by atoms with Crippen molar-refractivity contribution in [2.45, 2.75) is 18.7 Å². The lowest BCUT2D eigenvalue weighted by Crippen LogP contribution is -2.40. The van der Waals surface area contributed by atoms with Gasteiger partial charge in [-0.3, -0.25) is 0 Å². The van der Waals surface area contributed by atoms with E-state index in [-0.39, 0.29) is 0 Å². The molecular formula is C15H19N3O3S. The number of nitrogens with zero attached hydrogens (tertiary/aromatic N) is 3. The molecule has 0 N–H and O–H groups in total. The van der Waals surface area contributed by atoms with E-state index in [1.807, 2.05) is 19.9 Å². The van der Waals surface area contributed by atoms with Crippen molar-refractivity contribution in [1.29, 1.82) is 0 Å². The predicted molar refractivity (Wildman–Crippen MR) is 82.6 cm³/mol. The lowest BCUT2D eigenvalue weighted by molar-refractivity contribution is 0.0730. The topological polar surface area (TPSA) is 64.4 Å². The van der Waals surface area contributed by atoms with E-state index in [1.165, 1.54) is 4.31 Å². The van der Waals surface area contributed by atoms with Gasteiger partial charge in [0.15, 0.2) is 0 Å². The second-order valence-corrected chi connectivity index (χ2v) is 7.29. The number of sulfonamides is 1. The van der Waals surface area contributed by atoms with E-state index in [4.69, 9.17) is 4.74 Å². The van der Waals surface area contributed by atoms with Crippen LogP contribution in [-0.4, -0.2) is 48.8 Å². The molecule has 0 spiro atoms. The Morgan fingerprint density at radius 1 is 1.09 bits per heavy atom. The second kappa shape index (κ2) is 5.83. The lowest BCUT2D eigenvalue weighted by Gasteiger charge is -2.26. The smallest absolute Gasteiger partial charge is 0.243 e. The first-order valence-corrected chi connectivity index (χ1v) is 8.64. The van der Waals surface area contributed by atoms with Gasteiger partial charge in [0.25, 0.3) is 0 Å². The summed E-state index contributed by atoms with van der Waals surface area (Å²) in [6.07, 6.45) is 0. The third-order valence-corrected chi connectivity index (χ3v) is 5.61. The molecule has 3 rings (SSSR count). The molecule has 1 aliphatic heterocycles. The number of morpholine rings is 1. The van der Waals surface area contributed by atoms with Gasteiger partial charge in [-0.05, 0) is 44.2 Å². The zero-order chi connectivity index (χ0) is 15.7. The van der Waals surface area contributed by atoms with Crippen molar-refractivity contribution in [1.82, 2.24) is 14.1 Å². The van der Waals surface area contributed by atoms with Crippen molar-refractivity contribution in [3.8, 4) is 5.69 Å². The molecule has 1 fully saturated rings. The van der Waals surface area contributed by atoms with E-state index in [9.17, 15) is 8.42 Å². The van der Waals surface area contributed by atoms with Crippen LogP contribution in [0.1, 0.15) is 11.4 Å². The summed E-state index contributed by atoms with van der Waals surface area (Å²) < 4.78 is 33.6. The van der Waals surface area contributed by atoms with E-state index in [1.54, 1.807) is 28.9 Å². The number of hydrogen-bond acceptors (Lipinski definition) is 4. The molecule has 2 heterocycles. The third kappa shape index (κ3) is 2.79. The largest absolute Gasteiger partial charge is 0.379 e. The van der Waals surface area contributed by atoms with Crippen LogP contribution in [0.2, 0.25) is 0 Å². The summed E-state index contributed by atoms with van der Waals surface area (Å²) in [5.41, 5.74) is 2.80. The Morgan fingerprint density at radius 2 is 1.73 bits per heavy atom. The van der Waals surface area contributed by atoms with E-state index in [0.29, 0.717) is 31.2 Å². The summed E-state index contributed by atoms with van der Waals surface area (Å²) in [6, 6.07) is 8.82. The molecule has 2 aromatic rings.